The molecule has 0 aliphatic heterocycles. The van der Waals surface area contributed by atoms with Crippen LogP contribution in [-0.4, -0.2) is 30.8 Å². The van der Waals surface area contributed by atoms with Crippen molar-refractivity contribution in [1.82, 2.24) is 5.32 Å². The lowest BCUT2D eigenvalue weighted by Gasteiger charge is -2.07. The van der Waals surface area contributed by atoms with E-state index in [1.807, 2.05) is 42.5 Å². The number of halogens is 1. The molecule has 0 heterocycles. The number of ketones is 1. The molecule has 3 rings (SSSR count). The second-order valence-corrected chi connectivity index (χ2v) is 6.19. The molecule has 0 unspecified atom stereocenters. The van der Waals surface area contributed by atoms with Gasteiger partial charge in [0.25, 0.3) is 5.91 Å². The Morgan fingerprint density at radius 2 is 1.41 bits per heavy atom. The normalized spacial score (nSPS) is 10.2. The third kappa shape index (κ3) is 5.35. The van der Waals surface area contributed by atoms with Crippen molar-refractivity contribution in [3.05, 3.63) is 95.8 Å². The average Bonchev–Trinajstić information content (AvgIpc) is 2.77. The Morgan fingerprint density at radius 1 is 0.793 bits per heavy atom. The van der Waals surface area contributed by atoms with Gasteiger partial charge in [0.2, 0.25) is 5.78 Å². The first-order chi connectivity index (χ1) is 14.0. The second kappa shape index (κ2) is 9.41. The van der Waals surface area contributed by atoms with E-state index in [1.165, 1.54) is 18.2 Å². The van der Waals surface area contributed by atoms with Crippen LogP contribution >= 0.6 is 0 Å². The minimum Gasteiger partial charge on any atom is -0.456 e. The number of ether oxygens (including phenoxy) is 1. The van der Waals surface area contributed by atoms with Gasteiger partial charge in [-0.1, -0.05) is 54.6 Å². The van der Waals surface area contributed by atoms with Gasteiger partial charge in [-0.05, 0) is 35.4 Å². The molecule has 3 aromatic carbocycles. The third-order valence-corrected chi connectivity index (χ3v) is 4.19. The summed E-state index contributed by atoms with van der Waals surface area (Å²) in [5.74, 6) is -2.56. The maximum atomic E-state index is 13.5. The van der Waals surface area contributed by atoms with Crippen molar-refractivity contribution in [3.63, 3.8) is 0 Å². The summed E-state index contributed by atoms with van der Waals surface area (Å²) in [7, 11) is 0. The number of rotatable bonds is 7. The topological polar surface area (TPSA) is 72.5 Å². The zero-order chi connectivity index (χ0) is 20.6. The van der Waals surface area contributed by atoms with E-state index in [0.29, 0.717) is 5.56 Å². The lowest BCUT2D eigenvalue weighted by atomic mass is 10.0. The number of amides is 1. The summed E-state index contributed by atoms with van der Waals surface area (Å²) in [6, 6.07) is 22.1. The lowest BCUT2D eigenvalue weighted by molar-refractivity contribution is -0.141. The molecule has 0 aromatic heterocycles. The largest absolute Gasteiger partial charge is 0.456 e. The Labute approximate surface area is 167 Å². The summed E-state index contributed by atoms with van der Waals surface area (Å²) in [4.78, 5) is 35.8. The molecule has 0 atom stereocenters. The number of carbonyl (C=O) groups is 3. The average molecular weight is 391 g/mol. The van der Waals surface area contributed by atoms with Crippen LogP contribution in [0.5, 0.6) is 0 Å². The van der Waals surface area contributed by atoms with Gasteiger partial charge >= 0.3 is 5.97 Å². The van der Waals surface area contributed by atoms with Crippen molar-refractivity contribution in [2.24, 2.45) is 0 Å². The molecule has 29 heavy (non-hydrogen) atoms. The monoisotopic (exact) mass is 391 g/mol. The zero-order valence-corrected chi connectivity index (χ0v) is 15.4. The molecule has 0 aliphatic rings. The maximum Gasteiger partial charge on any atom is 0.325 e. The quantitative estimate of drug-likeness (QED) is 0.493. The molecule has 0 bridgehead atoms. The number of esters is 1. The summed E-state index contributed by atoms with van der Waals surface area (Å²) >= 11 is 0. The van der Waals surface area contributed by atoms with E-state index >= 15 is 0 Å². The van der Waals surface area contributed by atoms with Gasteiger partial charge in [-0.25, -0.2) is 4.39 Å². The van der Waals surface area contributed by atoms with Gasteiger partial charge in [-0.2, -0.15) is 0 Å². The van der Waals surface area contributed by atoms with Gasteiger partial charge in [0.15, 0.2) is 6.61 Å². The number of hydrogen-bond donors (Lipinski definition) is 1. The highest BCUT2D eigenvalue weighted by atomic mass is 19.1. The van der Waals surface area contributed by atoms with Crippen molar-refractivity contribution in [1.29, 1.82) is 0 Å². The predicted molar refractivity (Wildman–Crippen MR) is 106 cm³/mol. The van der Waals surface area contributed by atoms with Crippen LogP contribution in [0.15, 0.2) is 78.9 Å². The lowest BCUT2D eigenvalue weighted by Crippen LogP contribution is -2.31. The van der Waals surface area contributed by atoms with E-state index in [2.05, 4.69) is 5.32 Å². The first kappa shape index (κ1) is 19.9. The Bertz CT molecular complexity index is 1020. The molecule has 1 amide bonds. The Morgan fingerprint density at radius 3 is 2.10 bits per heavy atom. The van der Waals surface area contributed by atoms with E-state index < -0.39 is 36.6 Å². The van der Waals surface area contributed by atoms with Crippen molar-refractivity contribution in [3.8, 4) is 11.1 Å². The van der Waals surface area contributed by atoms with Crippen molar-refractivity contribution >= 4 is 17.7 Å². The second-order valence-electron chi connectivity index (χ2n) is 6.19. The number of Topliss-reactive ketones (excluding diaryl/α,β-unsaturated/α-hetero) is 1. The smallest absolute Gasteiger partial charge is 0.325 e. The van der Waals surface area contributed by atoms with Crippen molar-refractivity contribution in [2.75, 3.05) is 13.2 Å². The summed E-state index contributed by atoms with van der Waals surface area (Å²) < 4.78 is 18.3. The van der Waals surface area contributed by atoms with Crippen molar-refractivity contribution < 1.29 is 23.5 Å². The van der Waals surface area contributed by atoms with E-state index in [4.69, 9.17) is 4.74 Å². The molecular weight excluding hydrogens is 373 g/mol. The van der Waals surface area contributed by atoms with E-state index in [-0.39, 0.29) is 5.56 Å². The SMILES string of the molecule is O=C(CNC(=O)c1ccc(-c2ccccc2)cc1)OCC(=O)c1ccccc1F. The molecule has 5 nitrogen and oxygen atoms in total. The molecule has 3 aromatic rings. The fourth-order valence-electron chi connectivity index (χ4n) is 2.66. The highest BCUT2D eigenvalue weighted by Gasteiger charge is 2.14. The highest BCUT2D eigenvalue weighted by Crippen LogP contribution is 2.19. The van der Waals surface area contributed by atoms with E-state index in [1.54, 1.807) is 12.1 Å². The first-order valence-electron chi connectivity index (χ1n) is 8.91. The van der Waals surface area contributed by atoms with Gasteiger partial charge < -0.3 is 10.1 Å². The summed E-state index contributed by atoms with van der Waals surface area (Å²) in [5.41, 5.74) is 2.23. The summed E-state index contributed by atoms with van der Waals surface area (Å²) in [6.45, 7) is -0.995. The molecule has 0 fully saturated rings. The van der Waals surface area contributed by atoms with Gasteiger partial charge in [-0.3, -0.25) is 14.4 Å². The van der Waals surface area contributed by atoms with Crippen LogP contribution in [0.3, 0.4) is 0 Å². The third-order valence-electron chi connectivity index (χ3n) is 4.19. The van der Waals surface area contributed by atoms with Gasteiger partial charge in [0, 0.05) is 5.56 Å². The molecule has 0 spiro atoms. The highest BCUT2D eigenvalue weighted by molar-refractivity contribution is 5.99. The molecule has 0 radical (unpaired) electrons. The Balaban J connectivity index is 1.48. The minimum atomic E-state index is -0.788. The fraction of sp³-hybridized carbons (Fsp3) is 0.0870. The van der Waals surface area contributed by atoms with Crippen LogP contribution in [0.2, 0.25) is 0 Å². The van der Waals surface area contributed by atoms with E-state index in [0.717, 1.165) is 17.2 Å². The number of nitrogens with one attached hydrogen (secondary N) is 1. The summed E-state index contributed by atoms with van der Waals surface area (Å²) in [6.07, 6.45) is 0. The molecule has 0 aliphatic carbocycles. The predicted octanol–water partition coefficient (Wildman–Crippen LogP) is 3.65. The molecule has 0 saturated heterocycles. The number of benzene rings is 3. The zero-order valence-electron chi connectivity index (χ0n) is 15.4. The molecule has 146 valence electrons. The Hall–Kier alpha value is -3.80. The standard InChI is InChI=1S/C23H18FNO4/c24-20-9-5-4-8-19(20)21(26)15-29-22(27)14-25-23(28)18-12-10-17(11-13-18)16-6-2-1-3-7-16/h1-13H,14-15H2,(H,25,28). The van der Waals surface area contributed by atoms with Crippen LogP contribution in [0, 0.1) is 5.82 Å². The van der Waals surface area contributed by atoms with Gasteiger partial charge in [0.05, 0.1) is 5.56 Å². The van der Waals surface area contributed by atoms with Crippen LogP contribution in [0.1, 0.15) is 20.7 Å². The molecular formula is C23H18FNO4. The number of carbonyl (C=O) groups excluding carboxylic acids is 3. The van der Waals surface area contributed by atoms with Crippen LogP contribution < -0.4 is 5.32 Å². The minimum absolute atomic E-state index is 0.150. The van der Waals surface area contributed by atoms with Gasteiger partial charge in [-0.15, -0.1) is 0 Å². The Kier molecular flexibility index (Phi) is 6.47. The van der Waals surface area contributed by atoms with E-state index in [9.17, 15) is 18.8 Å². The number of hydrogen-bond acceptors (Lipinski definition) is 4. The van der Waals surface area contributed by atoms with Crippen LogP contribution in [-0.2, 0) is 9.53 Å². The van der Waals surface area contributed by atoms with Crippen LogP contribution in [0.4, 0.5) is 4.39 Å². The molecule has 1 N–H and O–H groups in total. The summed E-state index contributed by atoms with van der Waals surface area (Å²) in [5, 5.41) is 2.43. The van der Waals surface area contributed by atoms with Gasteiger partial charge in [0.1, 0.15) is 12.4 Å². The first-order valence-corrected chi connectivity index (χ1v) is 8.91. The van der Waals surface area contributed by atoms with Crippen LogP contribution in [0.25, 0.3) is 11.1 Å². The molecule has 0 saturated carbocycles. The van der Waals surface area contributed by atoms with Crippen molar-refractivity contribution in [2.45, 2.75) is 0 Å². The fourth-order valence-corrected chi connectivity index (χ4v) is 2.66. The maximum absolute atomic E-state index is 13.5. The molecule has 6 heteroatoms.